The molecule has 114 valence electrons. The molecule has 2 N–H and O–H groups in total. The number of aromatic nitrogens is 2. The Bertz CT molecular complexity index is 732. The van der Waals surface area contributed by atoms with Gasteiger partial charge in [0.25, 0.3) is 5.91 Å². The molecule has 0 bridgehead atoms. The van der Waals surface area contributed by atoms with E-state index in [0.29, 0.717) is 22.1 Å². The molecule has 1 aliphatic rings. The van der Waals surface area contributed by atoms with Crippen LogP contribution in [0.4, 0.5) is 10.8 Å². The van der Waals surface area contributed by atoms with Crippen LogP contribution >= 0.6 is 34.9 Å². The largest absolute Gasteiger partial charge is 0.324 e. The minimum absolute atomic E-state index is 0.0552. The maximum atomic E-state index is 12.2. The van der Waals surface area contributed by atoms with Crippen LogP contribution in [0, 0.1) is 0 Å². The molecule has 1 aromatic heterocycles. The summed E-state index contributed by atoms with van der Waals surface area (Å²) in [6, 6.07) is 5.26. The third kappa shape index (κ3) is 3.42. The number of hydrogen-bond acceptors (Lipinski definition) is 7. The van der Waals surface area contributed by atoms with E-state index < -0.39 is 0 Å². The summed E-state index contributed by atoms with van der Waals surface area (Å²) in [6.45, 7) is 2.03. The van der Waals surface area contributed by atoms with Gasteiger partial charge in [-0.1, -0.05) is 30.0 Å². The molecular formula is C13H12N4O2S3. The molecule has 1 aliphatic heterocycles. The molecule has 0 unspecified atom stereocenters. The number of carbonyl (C=O) groups is 2. The van der Waals surface area contributed by atoms with Crippen molar-refractivity contribution in [2.75, 3.05) is 22.1 Å². The van der Waals surface area contributed by atoms with Gasteiger partial charge in [0.05, 0.1) is 11.4 Å². The molecule has 0 spiro atoms. The third-order valence-electron chi connectivity index (χ3n) is 2.77. The number of nitrogens with one attached hydrogen (secondary N) is 2. The first-order chi connectivity index (χ1) is 10.7. The van der Waals surface area contributed by atoms with Crippen molar-refractivity contribution < 1.29 is 9.59 Å². The molecule has 1 aromatic carbocycles. The number of fused-ring (bicyclic) bond motifs is 1. The van der Waals surface area contributed by atoms with Gasteiger partial charge < -0.3 is 5.32 Å². The van der Waals surface area contributed by atoms with E-state index in [1.807, 2.05) is 13.0 Å². The second-order valence-corrected chi connectivity index (χ2v) is 7.81. The van der Waals surface area contributed by atoms with E-state index in [1.54, 1.807) is 23.9 Å². The second-order valence-electron chi connectivity index (χ2n) is 4.31. The van der Waals surface area contributed by atoms with Crippen LogP contribution in [0.25, 0.3) is 0 Å². The molecule has 3 rings (SSSR count). The van der Waals surface area contributed by atoms with Crippen molar-refractivity contribution in [2.45, 2.75) is 16.2 Å². The summed E-state index contributed by atoms with van der Waals surface area (Å²) in [6.07, 6.45) is 0. The predicted octanol–water partition coefficient (Wildman–Crippen LogP) is 2.95. The SMILES string of the molecule is CCSc1nnc(NC(=O)c2ccc3c(c2)NC(=O)CS3)s1. The summed E-state index contributed by atoms with van der Waals surface area (Å²) in [4.78, 5) is 24.6. The first-order valence-corrected chi connectivity index (χ1v) is 9.29. The lowest BCUT2D eigenvalue weighted by Gasteiger charge is -2.16. The zero-order chi connectivity index (χ0) is 15.5. The van der Waals surface area contributed by atoms with Crippen LogP contribution in [0.2, 0.25) is 0 Å². The molecule has 2 amide bonds. The predicted molar refractivity (Wildman–Crippen MR) is 90.1 cm³/mol. The second kappa shape index (κ2) is 6.67. The average Bonchev–Trinajstić information content (AvgIpc) is 2.94. The van der Waals surface area contributed by atoms with Crippen LogP contribution in [0.1, 0.15) is 17.3 Å². The highest BCUT2D eigenvalue weighted by atomic mass is 32.2. The molecule has 0 atom stereocenters. The molecule has 0 saturated heterocycles. The number of carbonyl (C=O) groups excluding carboxylic acids is 2. The van der Waals surface area contributed by atoms with Crippen molar-refractivity contribution in [1.29, 1.82) is 0 Å². The first kappa shape index (κ1) is 15.3. The average molecular weight is 352 g/mol. The van der Waals surface area contributed by atoms with Crippen LogP contribution in [-0.4, -0.2) is 33.5 Å². The maximum Gasteiger partial charge on any atom is 0.257 e. The Morgan fingerprint density at radius 3 is 3.14 bits per heavy atom. The van der Waals surface area contributed by atoms with Crippen LogP contribution < -0.4 is 10.6 Å². The number of anilines is 2. The van der Waals surface area contributed by atoms with E-state index in [-0.39, 0.29) is 11.8 Å². The van der Waals surface area contributed by atoms with Gasteiger partial charge in [0.2, 0.25) is 11.0 Å². The summed E-state index contributed by atoms with van der Waals surface area (Å²) in [5.74, 6) is 0.989. The normalized spacial score (nSPS) is 13.4. The van der Waals surface area contributed by atoms with Crippen molar-refractivity contribution in [3.05, 3.63) is 23.8 Å². The van der Waals surface area contributed by atoms with Gasteiger partial charge in [0.15, 0.2) is 4.34 Å². The molecular weight excluding hydrogens is 340 g/mol. The standard InChI is InChI=1S/C13H12N4O2S3/c1-2-20-13-17-16-12(22-13)15-11(19)7-3-4-9-8(5-7)14-10(18)6-21-9/h3-5H,2,6H2,1H3,(H,14,18)(H,15,16,19). The van der Waals surface area contributed by atoms with E-state index in [2.05, 4.69) is 20.8 Å². The fraction of sp³-hybridized carbons (Fsp3) is 0.231. The smallest absolute Gasteiger partial charge is 0.257 e. The Morgan fingerprint density at radius 1 is 1.45 bits per heavy atom. The lowest BCUT2D eigenvalue weighted by atomic mass is 10.2. The molecule has 2 aromatic rings. The third-order valence-corrected chi connectivity index (χ3v) is 5.70. The van der Waals surface area contributed by atoms with Gasteiger partial charge in [-0.2, -0.15) is 0 Å². The van der Waals surface area contributed by atoms with Gasteiger partial charge in [-0.25, -0.2) is 0 Å². The number of nitrogens with zero attached hydrogens (tertiary/aromatic N) is 2. The minimum atomic E-state index is -0.267. The van der Waals surface area contributed by atoms with Crippen molar-refractivity contribution in [3.8, 4) is 0 Å². The zero-order valence-electron chi connectivity index (χ0n) is 11.6. The lowest BCUT2D eigenvalue weighted by molar-refractivity contribution is -0.113. The Labute approximate surface area is 139 Å². The van der Waals surface area contributed by atoms with Gasteiger partial charge in [0, 0.05) is 10.5 Å². The van der Waals surface area contributed by atoms with Crippen LogP contribution in [0.3, 0.4) is 0 Å². The van der Waals surface area contributed by atoms with Crippen molar-refractivity contribution in [3.63, 3.8) is 0 Å². The molecule has 6 nitrogen and oxygen atoms in total. The molecule has 0 fully saturated rings. The number of hydrogen-bond donors (Lipinski definition) is 2. The number of amides is 2. The van der Waals surface area contributed by atoms with Crippen LogP contribution in [-0.2, 0) is 4.79 Å². The van der Waals surface area contributed by atoms with Gasteiger partial charge >= 0.3 is 0 Å². The Hall–Kier alpha value is -1.58. The van der Waals surface area contributed by atoms with Gasteiger partial charge in [-0.05, 0) is 24.0 Å². The number of benzene rings is 1. The monoisotopic (exact) mass is 352 g/mol. The Balaban J connectivity index is 1.74. The highest BCUT2D eigenvalue weighted by Gasteiger charge is 2.18. The van der Waals surface area contributed by atoms with E-state index in [0.717, 1.165) is 15.0 Å². The summed E-state index contributed by atoms with van der Waals surface area (Å²) >= 11 is 4.39. The van der Waals surface area contributed by atoms with Gasteiger partial charge in [-0.15, -0.1) is 22.0 Å². The summed E-state index contributed by atoms with van der Waals surface area (Å²) < 4.78 is 0.826. The van der Waals surface area contributed by atoms with Crippen molar-refractivity contribution >= 4 is 57.5 Å². The summed E-state index contributed by atoms with van der Waals surface area (Å²) in [5, 5.41) is 13.9. The Morgan fingerprint density at radius 2 is 2.32 bits per heavy atom. The van der Waals surface area contributed by atoms with Crippen LogP contribution in [0.5, 0.6) is 0 Å². The van der Waals surface area contributed by atoms with Crippen molar-refractivity contribution in [1.82, 2.24) is 10.2 Å². The van der Waals surface area contributed by atoms with E-state index >= 15 is 0 Å². The van der Waals surface area contributed by atoms with Crippen LogP contribution in [0.15, 0.2) is 27.4 Å². The summed E-state index contributed by atoms with van der Waals surface area (Å²) in [7, 11) is 0. The zero-order valence-corrected chi connectivity index (χ0v) is 14.0. The maximum absolute atomic E-state index is 12.2. The number of thioether (sulfide) groups is 2. The molecule has 0 aliphatic carbocycles. The lowest BCUT2D eigenvalue weighted by Crippen LogP contribution is -2.19. The topological polar surface area (TPSA) is 84.0 Å². The molecule has 22 heavy (non-hydrogen) atoms. The molecule has 0 radical (unpaired) electrons. The Kier molecular flexibility index (Phi) is 4.65. The van der Waals surface area contributed by atoms with E-state index in [4.69, 9.17) is 0 Å². The molecule has 2 heterocycles. The van der Waals surface area contributed by atoms with Gasteiger partial charge in [0.1, 0.15) is 0 Å². The van der Waals surface area contributed by atoms with E-state index in [9.17, 15) is 9.59 Å². The fourth-order valence-corrected chi connectivity index (χ4v) is 4.27. The molecule has 0 saturated carbocycles. The molecule has 9 heteroatoms. The highest BCUT2D eigenvalue weighted by molar-refractivity contribution is 8.01. The summed E-state index contributed by atoms with van der Waals surface area (Å²) in [5.41, 5.74) is 1.15. The number of rotatable bonds is 4. The van der Waals surface area contributed by atoms with Crippen molar-refractivity contribution in [2.24, 2.45) is 0 Å². The van der Waals surface area contributed by atoms with E-state index in [1.165, 1.54) is 23.1 Å². The first-order valence-electron chi connectivity index (χ1n) is 6.50. The minimum Gasteiger partial charge on any atom is -0.324 e. The highest BCUT2D eigenvalue weighted by Crippen LogP contribution is 2.32. The van der Waals surface area contributed by atoms with Gasteiger partial charge in [-0.3, -0.25) is 14.9 Å². The fourth-order valence-electron chi connectivity index (χ4n) is 1.84. The quantitative estimate of drug-likeness (QED) is 0.650.